The molecule has 0 N–H and O–H groups in total. The minimum atomic E-state index is -3.39. The number of hydrogen-bond donors (Lipinski definition) is 0. The normalized spacial score (nSPS) is 15.0. The number of carbonyl (C=O) groups is 1. The number of hydrogen-bond acceptors (Lipinski definition) is 6. The number of aromatic nitrogens is 1. The van der Waals surface area contributed by atoms with Crippen LogP contribution in [0.25, 0.3) is 0 Å². The highest BCUT2D eigenvalue weighted by Crippen LogP contribution is 2.17. The standard InChI is InChI=1S/C19H23N3O4S/c1-26-14-15-27(24,25)17-7-5-16(6-8-17)19(23)22-12-10-21(11-13-22)18-4-2-3-9-20-18/h2-9H,10-15H2,1H3. The average Bonchev–Trinajstić information content (AvgIpc) is 2.72. The highest BCUT2D eigenvalue weighted by molar-refractivity contribution is 7.91. The third kappa shape index (κ3) is 4.64. The summed E-state index contributed by atoms with van der Waals surface area (Å²) in [5.74, 6) is 0.749. The molecule has 1 aliphatic heterocycles. The summed E-state index contributed by atoms with van der Waals surface area (Å²) in [7, 11) is -1.93. The number of anilines is 1. The first-order valence-corrected chi connectivity index (χ1v) is 10.4. The Morgan fingerprint density at radius 3 is 2.37 bits per heavy atom. The summed E-state index contributed by atoms with van der Waals surface area (Å²) >= 11 is 0. The van der Waals surface area contributed by atoms with Crippen molar-refractivity contribution in [2.45, 2.75) is 4.90 Å². The number of benzene rings is 1. The van der Waals surface area contributed by atoms with Crippen molar-refractivity contribution in [1.29, 1.82) is 0 Å². The zero-order valence-corrected chi connectivity index (χ0v) is 16.1. The van der Waals surface area contributed by atoms with E-state index in [4.69, 9.17) is 4.74 Å². The van der Waals surface area contributed by atoms with Gasteiger partial charge in [0.05, 0.1) is 17.3 Å². The van der Waals surface area contributed by atoms with Crippen LogP contribution in [0.5, 0.6) is 0 Å². The monoisotopic (exact) mass is 389 g/mol. The SMILES string of the molecule is COCCS(=O)(=O)c1ccc(C(=O)N2CCN(c3ccccn3)CC2)cc1. The number of sulfone groups is 1. The van der Waals surface area contributed by atoms with Gasteiger partial charge in [-0.2, -0.15) is 0 Å². The van der Waals surface area contributed by atoms with Crippen LogP contribution in [-0.4, -0.2) is 69.9 Å². The molecule has 0 spiro atoms. The number of rotatable bonds is 6. The fraction of sp³-hybridized carbons (Fsp3) is 0.368. The van der Waals surface area contributed by atoms with Crippen molar-refractivity contribution < 1.29 is 17.9 Å². The second kappa shape index (κ2) is 8.49. The van der Waals surface area contributed by atoms with E-state index in [0.717, 1.165) is 5.82 Å². The van der Waals surface area contributed by atoms with Crippen LogP contribution < -0.4 is 4.90 Å². The van der Waals surface area contributed by atoms with Crippen LogP contribution in [0.1, 0.15) is 10.4 Å². The molecule has 1 fully saturated rings. The van der Waals surface area contributed by atoms with Crippen LogP contribution in [-0.2, 0) is 14.6 Å². The zero-order valence-electron chi connectivity index (χ0n) is 15.2. The maximum absolute atomic E-state index is 12.7. The Labute approximate surface area is 159 Å². The third-order valence-electron chi connectivity index (χ3n) is 4.56. The molecule has 0 atom stereocenters. The van der Waals surface area contributed by atoms with Gasteiger partial charge in [0.15, 0.2) is 9.84 Å². The van der Waals surface area contributed by atoms with Gasteiger partial charge in [-0.3, -0.25) is 4.79 Å². The number of nitrogens with zero attached hydrogens (tertiary/aromatic N) is 3. The maximum atomic E-state index is 12.7. The van der Waals surface area contributed by atoms with E-state index in [2.05, 4.69) is 9.88 Å². The Balaban J connectivity index is 1.62. The number of carbonyl (C=O) groups excluding carboxylic acids is 1. The number of piperazine rings is 1. The molecule has 0 saturated carbocycles. The van der Waals surface area contributed by atoms with Crippen LogP contribution in [0.2, 0.25) is 0 Å². The first-order chi connectivity index (χ1) is 13.0. The van der Waals surface area contributed by atoms with Gasteiger partial charge in [0, 0.05) is 45.0 Å². The largest absolute Gasteiger partial charge is 0.384 e. The van der Waals surface area contributed by atoms with E-state index in [1.165, 1.54) is 19.2 Å². The Hall–Kier alpha value is -2.45. The maximum Gasteiger partial charge on any atom is 0.253 e. The summed E-state index contributed by atoms with van der Waals surface area (Å²) in [6.07, 6.45) is 1.76. The van der Waals surface area contributed by atoms with E-state index >= 15 is 0 Å². The fourth-order valence-corrected chi connectivity index (χ4v) is 4.15. The first-order valence-electron chi connectivity index (χ1n) is 8.78. The number of methoxy groups -OCH3 is 1. The van der Waals surface area contributed by atoms with Gasteiger partial charge in [-0.25, -0.2) is 13.4 Å². The highest BCUT2D eigenvalue weighted by Gasteiger charge is 2.23. The summed E-state index contributed by atoms with van der Waals surface area (Å²) in [5.41, 5.74) is 0.493. The minimum Gasteiger partial charge on any atom is -0.384 e. The lowest BCUT2D eigenvalue weighted by atomic mass is 10.2. The summed E-state index contributed by atoms with van der Waals surface area (Å²) in [6.45, 7) is 2.77. The number of ether oxygens (including phenoxy) is 1. The molecule has 0 radical (unpaired) electrons. The predicted octanol–water partition coefficient (Wildman–Crippen LogP) is 1.46. The van der Waals surface area contributed by atoms with Crippen molar-refractivity contribution in [1.82, 2.24) is 9.88 Å². The van der Waals surface area contributed by atoms with E-state index in [-0.39, 0.29) is 23.2 Å². The van der Waals surface area contributed by atoms with E-state index < -0.39 is 9.84 Å². The molecule has 1 aromatic carbocycles. The molecule has 1 aromatic heterocycles. The molecule has 1 aliphatic rings. The molecule has 1 amide bonds. The molecule has 27 heavy (non-hydrogen) atoms. The van der Waals surface area contributed by atoms with Gasteiger partial charge in [0.1, 0.15) is 5.82 Å². The van der Waals surface area contributed by atoms with Crippen LogP contribution in [0.15, 0.2) is 53.6 Å². The number of amides is 1. The molecule has 2 aromatic rings. The minimum absolute atomic E-state index is 0.0771. The lowest BCUT2D eigenvalue weighted by molar-refractivity contribution is 0.0746. The van der Waals surface area contributed by atoms with Crippen molar-refractivity contribution in [3.05, 3.63) is 54.2 Å². The van der Waals surface area contributed by atoms with Crippen molar-refractivity contribution in [2.24, 2.45) is 0 Å². The van der Waals surface area contributed by atoms with E-state index in [1.807, 2.05) is 18.2 Å². The van der Waals surface area contributed by atoms with Gasteiger partial charge in [-0.15, -0.1) is 0 Å². The summed E-state index contributed by atoms with van der Waals surface area (Å²) in [6, 6.07) is 11.9. The zero-order chi connectivity index (χ0) is 19.3. The molecular weight excluding hydrogens is 366 g/mol. The summed E-state index contributed by atoms with van der Waals surface area (Å²) in [4.78, 5) is 21.2. The first kappa shape index (κ1) is 19.3. The predicted molar refractivity (Wildman–Crippen MR) is 103 cm³/mol. The molecule has 7 nitrogen and oxygen atoms in total. The van der Waals surface area contributed by atoms with E-state index in [9.17, 15) is 13.2 Å². The smallest absolute Gasteiger partial charge is 0.253 e. The molecule has 0 unspecified atom stereocenters. The molecule has 8 heteroatoms. The molecule has 2 heterocycles. The second-order valence-electron chi connectivity index (χ2n) is 6.30. The quantitative estimate of drug-likeness (QED) is 0.744. The van der Waals surface area contributed by atoms with E-state index in [1.54, 1.807) is 23.2 Å². The van der Waals surface area contributed by atoms with Gasteiger partial charge in [0.2, 0.25) is 0 Å². The Kier molecular flexibility index (Phi) is 6.08. The van der Waals surface area contributed by atoms with Crippen molar-refractivity contribution in [3.8, 4) is 0 Å². The van der Waals surface area contributed by atoms with Gasteiger partial charge in [-0.05, 0) is 36.4 Å². The molecule has 1 saturated heterocycles. The molecule has 0 bridgehead atoms. The Bertz CT molecular complexity index is 862. The van der Waals surface area contributed by atoms with Gasteiger partial charge < -0.3 is 14.5 Å². The Morgan fingerprint density at radius 2 is 1.78 bits per heavy atom. The van der Waals surface area contributed by atoms with Crippen LogP contribution in [0.3, 0.4) is 0 Å². The van der Waals surface area contributed by atoms with Crippen LogP contribution in [0, 0.1) is 0 Å². The molecule has 0 aliphatic carbocycles. The van der Waals surface area contributed by atoms with Crippen LogP contribution in [0.4, 0.5) is 5.82 Å². The van der Waals surface area contributed by atoms with Crippen LogP contribution >= 0.6 is 0 Å². The lowest BCUT2D eigenvalue weighted by Gasteiger charge is -2.35. The molecule has 3 rings (SSSR count). The average molecular weight is 389 g/mol. The number of pyridine rings is 1. The fourth-order valence-electron chi connectivity index (χ4n) is 2.98. The lowest BCUT2D eigenvalue weighted by Crippen LogP contribution is -2.49. The van der Waals surface area contributed by atoms with Gasteiger partial charge >= 0.3 is 0 Å². The third-order valence-corrected chi connectivity index (χ3v) is 6.25. The van der Waals surface area contributed by atoms with E-state index in [0.29, 0.717) is 31.7 Å². The second-order valence-corrected chi connectivity index (χ2v) is 8.41. The van der Waals surface area contributed by atoms with Gasteiger partial charge in [0.25, 0.3) is 5.91 Å². The molecule has 144 valence electrons. The van der Waals surface area contributed by atoms with Gasteiger partial charge in [-0.1, -0.05) is 6.07 Å². The summed E-state index contributed by atoms with van der Waals surface area (Å²) in [5, 5.41) is 0. The van der Waals surface area contributed by atoms with Crippen molar-refractivity contribution in [2.75, 3.05) is 50.5 Å². The van der Waals surface area contributed by atoms with Crippen molar-refractivity contribution >= 4 is 21.6 Å². The highest BCUT2D eigenvalue weighted by atomic mass is 32.2. The Morgan fingerprint density at radius 1 is 1.07 bits per heavy atom. The molecular formula is C19H23N3O4S. The summed E-state index contributed by atoms with van der Waals surface area (Å²) < 4.78 is 29.1. The van der Waals surface area contributed by atoms with Crippen molar-refractivity contribution in [3.63, 3.8) is 0 Å². The topological polar surface area (TPSA) is 79.8 Å².